The van der Waals surface area contributed by atoms with E-state index in [-0.39, 0.29) is 5.91 Å². The summed E-state index contributed by atoms with van der Waals surface area (Å²) in [7, 11) is 0. The maximum atomic E-state index is 11.9. The molecule has 0 spiro atoms. The molecule has 3 nitrogen and oxygen atoms in total. The molecule has 2 heterocycles. The van der Waals surface area contributed by atoms with Crippen molar-refractivity contribution in [2.45, 2.75) is 13.8 Å². The summed E-state index contributed by atoms with van der Waals surface area (Å²) < 4.78 is 6.01. The van der Waals surface area contributed by atoms with Crippen LogP contribution < -0.4 is 0 Å². The number of furan rings is 1. The normalized spacial score (nSPS) is 18.9. The van der Waals surface area contributed by atoms with Crippen molar-refractivity contribution in [1.29, 1.82) is 0 Å². The lowest BCUT2D eigenvalue weighted by Crippen LogP contribution is -2.27. The van der Waals surface area contributed by atoms with Gasteiger partial charge in [-0.3, -0.25) is 9.69 Å². The molecule has 1 aromatic rings. The number of carbonyl (C=O) groups excluding carboxylic acids is 1. The van der Waals surface area contributed by atoms with Gasteiger partial charge in [0.25, 0.3) is 5.91 Å². The number of nitrogens with zero attached hydrogens (tertiary/aromatic N) is 1. The van der Waals surface area contributed by atoms with Crippen LogP contribution in [0.5, 0.6) is 0 Å². The van der Waals surface area contributed by atoms with Crippen LogP contribution in [0.2, 0.25) is 0 Å². The molecule has 0 aliphatic carbocycles. The van der Waals surface area contributed by atoms with E-state index in [9.17, 15) is 4.79 Å². The molecule has 0 radical (unpaired) electrons. The van der Waals surface area contributed by atoms with Crippen LogP contribution in [-0.2, 0) is 4.79 Å². The number of hydrogen-bond acceptors (Lipinski definition) is 4. The first-order valence-electron chi connectivity index (χ1n) is 4.93. The average Bonchev–Trinajstić information content (AvgIpc) is 2.74. The fourth-order valence-corrected chi connectivity index (χ4v) is 2.80. The first kappa shape index (κ1) is 11.4. The third-order valence-corrected chi connectivity index (χ3v) is 3.60. The van der Waals surface area contributed by atoms with Crippen LogP contribution in [0.3, 0.4) is 0 Å². The molecule has 0 bridgehead atoms. The molecule has 84 valence electrons. The van der Waals surface area contributed by atoms with Gasteiger partial charge in [-0.1, -0.05) is 24.0 Å². The summed E-state index contributed by atoms with van der Waals surface area (Å²) in [5.41, 5.74) is 0. The van der Waals surface area contributed by atoms with E-state index in [0.717, 1.165) is 5.76 Å². The standard InChI is InChI=1S/C11H11NO2S2/c1-3-12-10(13)9(16-11(12)15)6-8-5-4-7(2)14-8/h4-6H,3H2,1-2H3/b9-6-. The quantitative estimate of drug-likeness (QED) is 0.599. The van der Waals surface area contributed by atoms with Gasteiger partial charge in [0, 0.05) is 12.6 Å². The second-order valence-electron chi connectivity index (χ2n) is 3.37. The summed E-state index contributed by atoms with van der Waals surface area (Å²) in [4.78, 5) is 14.1. The molecule has 1 amide bonds. The van der Waals surface area contributed by atoms with Gasteiger partial charge in [-0.15, -0.1) is 0 Å². The van der Waals surface area contributed by atoms with Crippen LogP contribution in [0.4, 0.5) is 0 Å². The molecule has 5 heteroatoms. The van der Waals surface area contributed by atoms with Gasteiger partial charge in [-0.2, -0.15) is 0 Å². The highest BCUT2D eigenvalue weighted by Gasteiger charge is 2.30. The Labute approximate surface area is 103 Å². The van der Waals surface area contributed by atoms with Crippen molar-refractivity contribution < 1.29 is 9.21 Å². The third kappa shape index (κ3) is 2.05. The molecule has 0 saturated carbocycles. The number of amides is 1. The van der Waals surface area contributed by atoms with E-state index in [0.29, 0.717) is 21.5 Å². The Bertz CT molecular complexity index is 476. The molecule has 1 saturated heterocycles. The number of thioether (sulfide) groups is 1. The molecule has 0 unspecified atom stereocenters. The van der Waals surface area contributed by atoms with Gasteiger partial charge in [0.05, 0.1) is 4.91 Å². The molecular formula is C11H11NO2S2. The van der Waals surface area contributed by atoms with Crippen LogP contribution in [-0.4, -0.2) is 21.7 Å². The summed E-state index contributed by atoms with van der Waals surface area (Å²) in [6.07, 6.45) is 1.74. The molecule has 0 aromatic carbocycles. The van der Waals surface area contributed by atoms with Gasteiger partial charge < -0.3 is 4.42 Å². The molecule has 0 atom stereocenters. The monoisotopic (exact) mass is 253 g/mol. The highest BCUT2D eigenvalue weighted by molar-refractivity contribution is 8.26. The molecule has 1 aliphatic heterocycles. The van der Waals surface area contributed by atoms with E-state index in [2.05, 4.69) is 0 Å². The fraction of sp³-hybridized carbons (Fsp3) is 0.273. The number of likely N-dealkylation sites (N-methyl/N-ethyl adjacent to an activating group) is 1. The van der Waals surface area contributed by atoms with Crippen molar-refractivity contribution in [2.75, 3.05) is 6.54 Å². The molecule has 1 aliphatic rings. The largest absolute Gasteiger partial charge is 0.462 e. The number of carbonyl (C=O) groups is 1. The lowest BCUT2D eigenvalue weighted by Gasteiger charge is -2.09. The Morgan fingerprint density at radius 1 is 1.56 bits per heavy atom. The zero-order valence-electron chi connectivity index (χ0n) is 9.02. The van der Waals surface area contributed by atoms with E-state index in [4.69, 9.17) is 16.6 Å². The van der Waals surface area contributed by atoms with Crippen LogP contribution in [0.25, 0.3) is 6.08 Å². The van der Waals surface area contributed by atoms with Crippen LogP contribution >= 0.6 is 24.0 Å². The third-order valence-electron chi connectivity index (χ3n) is 2.22. The van der Waals surface area contributed by atoms with E-state index in [1.165, 1.54) is 11.8 Å². The van der Waals surface area contributed by atoms with Crippen molar-refractivity contribution in [3.63, 3.8) is 0 Å². The van der Waals surface area contributed by atoms with Crippen molar-refractivity contribution in [2.24, 2.45) is 0 Å². The summed E-state index contributed by atoms with van der Waals surface area (Å²) in [6.45, 7) is 4.39. The van der Waals surface area contributed by atoms with Crippen LogP contribution in [0, 0.1) is 6.92 Å². The second-order valence-corrected chi connectivity index (χ2v) is 5.05. The fourth-order valence-electron chi connectivity index (χ4n) is 1.43. The van der Waals surface area contributed by atoms with Crippen LogP contribution in [0.15, 0.2) is 21.5 Å². The molecule has 0 N–H and O–H groups in total. The second kappa shape index (κ2) is 4.43. The minimum Gasteiger partial charge on any atom is -0.462 e. The minimum atomic E-state index is -0.0356. The van der Waals surface area contributed by atoms with Crippen molar-refractivity contribution in [1.82, 2.24) is 4.90 Å². The number of aryl methyl sites for hydroxylation is 1. The van der Waals surface area contributed by atoms with Gasteiger partial charge in [0.15, 0.2) is 0 Å². The summed E-state index contributed by atoms with van der Waals surface area (Å²) in [5.74, 6) is 1.48. The van der Waals surface area contributed by atoms with E-state index >= 15 is 0 Å². The Hall–Kier alpha value is -1.07. The summed E-state index contributed by atoms with van der Waals surface area (Å²) >= 11 is 6.43. The molecule has 1 fully saturated rings. The maximum Gasteiger partial charge on any atom is 0.266 e. The SMILES string of the molecule is CCN1C(=O)/C(=C/c2ccc(C)o2)SC1=S. The van der Waals surface area contributed by atoms with Crippen LogP contribution in [0.1, 0.15) is 18.4 Å². The lowest BCUT2D eigenvalue weighted by molar-refractivity contribution is -0.121. The maximum absolute atomic E-state index is 11.9. The number of thiocarbonyl (C=S) groups is 1. The average molecular weight is 253 g/mol. The van der Waals surface area contributed by atoms with Crippen molar-refractivity contribution in [3.05, 3.63) is 28.6 Å². The number of hydrogen-bond donors (Lipinski definition) is 0. The molecule has 16 heavy (non-hydrogen) atoms. The van der Waals surface area contributed by atoms with E-state index < -0.39 is 0 Å². The zero-order valence-corrected chi connectivity index (χ0v) is 10.7. The smallest absolute Gasteiger partial charge is 0.266 e. The summed E-state index contributed by atoms with van der Waals surface area (Å²) in [5, 5.41) is 0. The Morgan fingerprint density at radius 2 is 2.31 bits per heavy atom. The molecular weight excluding hydrogens is 242 g/mol. The van der Waals surface area contributed by atoms with Gasteiger partial charge >= 0.3 is 0 Å². The van der Waals surface area contributed by atoms with Gasteiger partial charge in [0.2, 0.25) is 0 Å². The first-order valence-corrected chi connectivity index (χ1v) is 6.16. The van der Waals surface area contributed by atoms with Crippen molar-refractivity contribution in [3.8, 4) is 0 Å². The molecule has 1 aromatic heterocycles. The zero-order chi connectivity index (χ0) is 11.7. The van der Waals surface area contributed by atoms with Gasteiger partial charge in [-0.25, -0.2) is 0 Å². The van der Waals surface area contributed by atoms with E-state index in [1.807, 2.05) is 26.0 Å². The Morgan fingerprint density at radius 3 is 2.81 bits per heavy atom. The Balaban J connectivity index is 2.27. The van der Waals surface area contributed by atoms with Crippen molar-refractivity contribution >= 4 is 40.3 Å². The minimum absolute atomic E-state index is 0.0356. The highest BCUT2D eigenvalue weighted by atomic mass is 32.2. The highest BCUT2D eigenvalue weighted by Crippen LogP contribution is 2.32. The van der Waals surface area contributed by atoms with E-state index in [1.54, 1.807) is 11.0 Å². The first-order chi connectivity index (χ1) is 7.61. The predicted molar refractivity (Wildman–Crippen MR) is 69.0 cm³/mol. The molecule has 2 rings (SSSR count). The Kier molecular flexibility index (Phi) is 3.16. The van der Waals surface area contributed by atoms with Gasteiger partial charge in [0.1, 0.15) is 15.8 Å². The topological polar surface area (TPSA) is 33.5 Å². The number of rotatable bonds is 2. The van der Waals surface area contributed by atoms with Gasteiger partial charge in [-0.05, 0) is 26.0 Å². The summed E-state index contributed by atoms with van der Waals surface area (Å²) in [6, 6.07) is 3.71. The predicted octanol–water partition coefficient (Wildman–Crippen LogP) is 2.81. The lowest BCUT2D eigenvalue weighted by atomic mass is 10.3.